The third-order valence-corrected chi connectivity index (χ3v) is 17.9. The zero-order valence-electron chi connectivity index (χ0n) is 43.3. The molecule has 0 atom stereocenters. The van der Waals surface area contributed by atoms with Gasteiger partial charge in [0.15, 0.2) is 23.3 Å². The molecule has 0 spiro atoms. The van der Waals surface area contributed by atoms with Crippen LogP contribution in [0.4, 0.5) is 0 Å². The molecule has 7 aromatic rings. The van der Waals surface area contributed by atoms with Gasteiger partial charge in [-0.15, -0.1) is 47.0 Å². The zero-order chi connectivity index (χ0) is 50.1. The molecule has 0 aliphatic carbocycles. The van der Waals surface area contributed by atoms with Crippen LogP contribution >= 0.6 is 47.0 Å². The number of H-pyrrole nitrogens is 2. The molecule has 378 valence electrons. The molecule has 3 aromatic heterocycles. The van der Waals surface area contributed by atoms with Crippen molar-refractivity contribution >= 4 is 91.2 Å². The Balaban J connectivity index is 1.25. The Hall–Kier alpha value is -4.52. The van der Waals surface area contributed by atoms with Crippen molar-refractivity contribution in [1.82, 2.24) is 59.5 Å². The molecule has 2 aliphatic heterocycles. The molecule has 12 nitrogen and oxygen atoms in total. The number of hydrogen-bond donors (Lipinski definition) is 2. The van der Waals surface area contributed by atoms with Gasteiger partial charge in [-0.25, -0.2) is 29.9 Å². The Labute approximate surface area is 442 Å². The average Bonchev–Trinajstić information content (AvgIpc) is 4.14. The first-order chi connectivity index (χ1) is 35.3. The summed E-state index contributed by atoms with van der Waals surface area (Å²) in [6.45, 7) is 30.3. The third-order valence-electron chi connectivity index (χ3n) is 14.0. The van der Waals surface area contributed by atoms with Gasteiger partial charge in [-0.2, -0.15) is 0 Å². The van der Waals surface area contributed by atoms with Crippen molar-refractivity contribution in [2.24, 2.45) is 0 Å². The molecule has 2 aliphatic rings. The van der Waals surface area contributed by atoms with E-state index in [1.807, 2.05) is 47.0 Å². The van der Waals surface area contributed by atoms with Crippen LogP contribution in [0.3, 0.4) is 0 Å². The summed E-state index contributed by atoms with van der Waals surface area (Å²) in [6.07, 6.45) is 0. The monoisotopic (exact) mass is 1040 g/mol. The maximum atomic E-state index is 5.42. The van der Waals surface area contributed by atoms with Gasteiger partial charge in [0.25, 0.3) is 0 Å². The Morgan fingerprint density at radius 2 is 0.597 bits per heavy atom. The molecule has 0 amide bonds. The van der Waals surface area contributed by atoms with Crippen LogP contribution in [0.15, 0.2) is 92.4 Å². The highest BCUT2D eigenvalue weighted by Crippen LogP contribution is 2.40. The molecule has 0 radical (unpaired) electrons. The van der Waals surface area contributed by atoms with Crippen molar-refractivity contribution in [3.05, 3.63) is 72.8 Å². The van der Waals surface area contributed by atoms with Crippen LogP contribution in [0.1, 0.15) is 55.4 Å². The number of hydrogen-bond acceptors (Lipinski definition) is 14. The molecule has 72 heavy (non-hydrogen) atoms. The van der Waals surface area contributed by atoms with Gasteiger partial charge in [-0.1, -0.05) is 55.4 Å². The molecule has 5 heterocycles. The van der Waals surface area contributed by atoms with Gasteiger partial charge in [0, 0.05) is 113 Å². The molecule has 8 bridgehead atoms. The van der Waals surface area contributed by atoms with Gasteiger partial charge < -0.3 is 29.6 Å². The van der Waals surface area contributed by atoms with Crippen LogP contribution in [0.2, 0.25) is 0 Å². The van der Waals surface area contributed by atoms with Crippen molar-refractivity contribution < 1.29 is 0 Å². The van der Waals surface area contributed by atoms with Crippen LogP contribution < -0.4 is 0 Å². The summed E-state index contributed by atoms with van der Waals surface area (Å²) in [6, 6.07) is 26.6. The number of thioether (sulfide) groups is 4. The van der Waals surface area contributed by atoms with E-state index >= 15 is 0 Å². The molecule has 16 heteroatoms. The number of aromatic nitrogens is 8. The molecule has 0 saturated heterocycles. The van der Waals surface area contributed by atoms with Gasteiger partial charge in [0.1, 0.15) is 22.6 Å². The molecular weight excluding hydrogens is 969 g/mol. The fourth-order valence-electron chi connectivity index (χ4n) is 9.40. The fourth-order valence-corrected chi connectivity index (χ4v) is 13.2. The highest BCUT2D eigenvalue weighted by molar-refractivity contribution is 8.00. The smallest absolute Gasteiger partial charge is 0.164 e. The Bertz CT molecular complexity index is 2950. The summed E-state index contributed by atoms with van der Waals surface area (Å²) in [7, 11) is 0. The predicted octanol–water partition coefficient (Wildman–Crippen LogP) is 12.6. The minimum Gasteiger partial charge on any atom is -0.324 e. The number of nitrogens with one attached hydrogen (secondary N) is 2. The van der Waals surface area contributed by atoms with Crippen molar-refractivity contribution in [2.45, 2.75) is 75.0 Å². The first-order valence-electron chi connectivity index (χ1n) is 26.1. The highest BCUT2D eigenvalue weighted by Gasteiger charge is 2.24. The van der Waals surface area contributed by atoms with E-state index in [0.29, 0.717) is 45.9 Å². The van der Waals surface area contributed by atoms with Crippen LogP contribution in [-0.2, 0) is 0 Å². The zero-order valence-corrected chi connectivity index (χ0v) is 46.6. The lowest BCUT2D eigenvalue weighted by molar-refractivity contribution is 0.324. The van der Waals surface area contributed by atoms with E-state index in [-0.39, 0.29) is 0 Å². The van der Waals surface area contributed by atoms with Crippen LogP contribution in [0.25, 0.3) is 89.7 Å². The van der Waals surface area contributed by atoms with Crippen molar-refractivity contribution in [3.63, 3.8) is 0 Å². The number of nitrogens with zero attached hydrogens (tertiary/aromatic N) is 10. The summed E-state index contributed by atoms with van der Waals surface area (Å²) in [4.78, 5) is 54.3. The first-order valence-corrected chi connectivity index (χ1v) is 30.0. The molecule has 0 fully saturated rings. The second-order valence-corrected chi connectivity index (χ2v) is 22.6. The summed E-state index contributed by atoms with van der Waals surface area (Å²) in [5.74, 6) is 6.43. The summed E-state index contributed by atoms with van der Waals surface area (Å²) in [5.41, 5.74) is 6.63. The van der Waals surface area contributed by atoms with Crippen LogP contribution in [0, 0.1) is 0 Å². The fraction of sp³-hybridized carbons (Fsp3) is 0.429. The number of benzene rings is 4. The molecule has 0 unspecified atom stereocenters. The van der Waals surface area contributed by atoms with Crippen LogP contribution in [-0.4, -0.2) is 161 Å². The number of fused-ring (bicyclic) bond motifs is 20. The Morgan fingerprint density at radius 1 is 0.319 bits per heavy atom. The lowest BCUT2D eigenvalue weighted by Crippen LogP contribution is -2.25. The lowest BCUT2D eigenvalue weighted by atomic mass is 10.1. The van der Waals surface area contributed by atoms with Crippen molar-refractivity contribution in [3.8, 4) is 45.6 Å². The average molecular weight is 1040 g/mol. The minimum atomic E-state index is 0.614. The SMILES string of the molecule is CCN(CC)CCSc1ccc2c(c1)-c1nc-2nc2[nH]c(nc3nc(nc4[nH]c(n1)c1ccc(SCCN(CC)CC)cc41)-c1ccc(SCCN(CC)CC)cc1-3)c1ccc(SCCN(CC)CC)cc21. The normalized spacial score (nSPS) is 12.4. The van der Waals surface area contributed by atoms with Gasteiger partial charge in [0.2, 0.25) is 0 Å². The van der Waals surface area contributed by atoms with Gasteiger partial charge in [-0.05, 0) is 125 Å². The first kappa shape index (κ1) is 52.3. The number of aromatic amines is 2. The summed E-state index contributed by atoms with van der Waals surface area (Å²) < 4.78 is 0. The van der Waals surface area contributed by atoms with E-state index in [4.69, 9.17) is 29.9 Å². The van der Waals surface area contributed by atoms with Crippen LogP contribution in [0.5, 0.6) is 0 Å². The topological polar surface area (TPSA) is 122 Å². The van der Waals surface area contributed by atoms with E-state index < -0.39 is 0 Å². The third kappa shape index (κ3) is 11.9. The van der Waals surface area contributed by atoms with Crippen molar-refractivity contribution in [1.29, 1.82) is 0 Å². The van der Waals surface area contributed by atoms with E-state index in [2.05, 4.69) is 158 Å². The number of rotatable bonds is 24. The molecular formula is C56H70N12S4. The molecule has 0 saturated carbocycles. The van der Waals surface area contributed by atoms with E-state index in [1.54, 1.807) is 0 Å². The van der Waals surface area contributed by atoms with E-state index in [0.717, 1.165) is 145 Å². The second-order valence-electron chi connectivity index (χ2n) is 17.9. The summed E-state index contributed by atoms with van der Waals surface area (Å²) >= 11 is 7.49. The summed E-state index contributed by atoms with van der Waals surface area (Å²) in [5, 5.41) is 3.93. The largest absolute Gasteiger partial charge is 0.324 e. The Morgan fingerprint density at radius 3 is 0.917 bits per heavy atom. The maximum Gasteiger partial charge on any atom is 0.164 e. The minimum absolute atomic E-state index is 0.614. The quantitative estimate of drug-likeness (QED) is 0.0558. The molecule has 4 aromatic carbocycles. The standard InChI is InChI=1S/C56H70N12S4/c1-9-65(10-2)25-29-69-37-17-21-41-45(33-37)53-57-49(41)62-54-47-35-39(71-31-27-67(13-5)14-6)19-23-43(47)51(59-54)64-56-48-36-40(72-32-28-68(15-7)16-8)20-24-44(48)52(60-56)63-55-46-34-38(70-30-26-66(11-3)12-4)18-22-42(46)50(58-55)61-53/h17-24,33-36H,9-16,25-32H2,1-8H3,(H2,57,58,59,60,61,62,63,64). The highest BCUT2D eigenvalue weighted by atomic mass is 32.2. The van der Waals surface area contributed by atoms with Gasteiger partial charge in [-0.3, -0.25) is 0 Å². The van der Waals surface area contributed by atoms with E-state index in [1.165, 1.54) is 19.6 Å². The maximum absolute atomic E-state index is 5.42. The predicted molar refractivity (Wildman–Crippen MR) is 310 cm³/mol. The van der Waals surface area contributed by atoms with E-state index in [9.17, 15) is 0 Å². The lowest BCUT2D eigenvalue weighted by Gasteiger charge is -2.17. The second kappa shape index (κ2) is 24.7. The van der Waals surface area contributed by atoms with Crippen molar-refractivity contribution in [2.75, 3.05) is 102 Å². The van der Waals surface area contributed by atoms with Gasteiger partial charge in [0.05, 0.1) is 0 Å². The van der Waals surface area contributed by atoms with Gasteiger partial charge >= 0.3 is 0 Å². The molecule has 2 N–H and O–H groups in total. The molecule has 9 rings (SSSR count). The Kier molecular flexibility index (Phi) is 17.9.